The summed E-state index contributed by atoms with van der Waals surface area (Å²) in [6.45, 7) is 1.31. The van der Waals surface area contributed by atoms with Gasteiger partial charge in [0.15, 0.2) is 0 Å². The maximum atomic E-state index is 13.1. The summed E-state index contributed by atoms with van der Waals surface area (Å²) in [5, 5.41) is 0. The number of morpholine rings is 1. The minimum absolute atomic E-state index is 0.293. The minimum atomic E-state index is -0.380. The van der Waals surface area contributed by atoms with E-state index >= 15 is 0 Å². The quantitative estimate of drug-likeness (QED) is 0.752. The summed E-state index contributed by atoms with van der Waals surface area (Å²) in [6.07, 6.45) is -0.673. The standard InChI is InChI=1S/C12H14FNO3/c1-16-12(15)14-5-6-17-11(8-14)9-3-2-4-10(13)7-9/h2-4,7,11H,5-6,8H2,1H3/t11-/m0/s1. The number of benzene rings is 1. The lowest BCUT2D eigenvalue weighted by Crippen LogP contribution is -2.42. The third-order valence-electron chi connectivity index (χ3n) is 2.72. The molecule has 1 saturated heterocycles. The monoisotopic (exact) mass is 239 g/mol. The average molecular weight is 239 g/mol. The molecule has 0 aliphatic carbocycles. The number of rotatable bonds is 1. The lowest BCUT2D eigenvalue weighted by Gasteiger charge is -2.32. The third kappa shape index (κ3) is 2.74. The van der Waals surface area contributed by atoms with Crippen LogP contribution in [0.2, 0.25) is 0 Å². The molecular weight excluding hydrogens is 225 g/mol. The number of amides is 1. The third-order valence-corrected chi connectivity index (χ3v) is 2.72. The fraction of sp³-hybridized carbons (Fsp3) is 0.417. The maximum absolute atomic E-state index is 13.1. The van der Waals surface area contributed by atoms with Crippen molar-refractivity contribution in [3.8, 4) is 0 Å². The van der Waals surface area contributed by atoms with Gasteiger partial charge in [0.2, 0.25) is 0 Å². The zero-order valence-corrected chi connectivity index (χ0v) is 9.56. The summed E-state index contributed by atoms with van der Waals surface area (Å²) in [4.78, 5) is 12.9. The first-order valence-corrected chi connectivity index (χ1v) is 5.40. The van der Waals surface area contributed by atoms with Crippen LogP contribution in [0.4, 0.5) is 9.18 Å². The molecule has 1 amide bonds. The first kappa shape index (κ1) is 11.9. The van der Waals surface area contributed by atoms with Gasteiger partial charge in [-0.3, -0.25) is 0 Å². The van der Waals surface area contributed by atoms with Crippen molar-refractivity contribution in [1.29, 1.82) is 0 Å². The number of hydrogen-bond acceptors (Lipinski definition) is 3. The maximum Gasteiger partial charge on any atom is 0.409 e. The van der Waals surface area contributed by atoms with E-state index in [1.807, 2.05) is 0 Å². The molecule has 0 unspecified atom stereocenters. The molecule has 1 aliphatic rings. The van der Waals surface area contributed by atoms with Crippen LogP contribution >= 0.6 is 0 Å². The van der Waals surface area contributed by atoms with Crippen LogP contribution in [0.15, 0.2) is 24.3 Å². The Morgan fingerprint density at radius 2 is 2.41 bits per heavy atom. The van der Waals surface area contributed by atoms with Crippen molar-refractivity contribution in [2.24, 2.45) is 0 Å². The van der Waals surface area contributed by atoms with E-state index in [-0.39, 0.29) is 18.0 Å². The normalized spacial score (nSPS) is 20.1. The largest absolute Gasteiger partial charge is 0.453 e. The zero-order chi connectivity index (χ0) is 12.3. The smallest absolute Gasteiger partial charge is 0.409 e. The fourth-order valence-electron chi connectivity index (χ4n) is 1.85. The highest BCUT2D eigenvalue weighted by Crippen LogP contribution is 2.22. The van der Waals surface area contributed by atoms with Gasteiger partial charge in [-0.25, -0.2) is 9.18 Å². The number of carbonyl (C=O) groups is 1. The molecule has 1 atom stereocenters. The van der Waals surface area contributed by atoms with Crippen LogP contribution in [-0.4, -0.2) is 37.8 Å². The molecule has 1 aliphatic heterocycles. The second kappa shape index (κ2) is 5.14. The summed E-state index contributed by atoms with van der Waals surface area (Å²) in [5.41, 5.74) is 0.735. The molecule has 1 heterocycles. The minimum Gasteiger partial charge on any atom is -0.453 e. The number of hydrogen-bond donors (Lipinski definition) is 0. The summed E-state index contributed by atoms with van der Waals surface area (Å²) in [5.74, 6) is -0.304. The van der Waals surface area contributed by atoms with Crippen molar-refractivity contribution in [2.45, 2.75) is 6.10 Å². The van der Waals surface area contributed by atoms with Crippen LogP contribution in [-0.2, 0) is 9.47 Å². The Bertz CT molecular complexity index is 410. The lowest BCUT2D eigenvalue weighted by molar-refractivity contribution is -0.0259. The topological polar surface area (TPSA) is 38.8 Å². The Morgan fingerprint density at radius 3 is 3.12 bits per heavy atom. The van der Waals surface area contributed by atoms with Crippen LogP contribution < -0.4 is 0 Å². The highest BCUT2D eigenvalue weighted by atomic mass is 19.1. The Balaban J connectivity index is 2.09. The van der Waals surface area contributed by atoms with Crippen LogP contribution in [0, 0.1) is 5.82 Å². The summed E-state index contributed by atoms with van der Waals surface area (Å²) >= 11 is 0. The predicted octanol–water partition coefficient (Wildman–Crippen LogP) is 1.97. The van der Waals surface area contributed by atoms with Gasteiger partial charge in [0.05, 0.1) is 20.3 Å². The van der Waals surface area contributed by atoms with Gasteiger partial charge < -0.3 is 14.4 Å². The van der Waals surface area contributed by atoms with Crippen molar-refractivity contribution >= 4 is 6.09 Å². The van der Waals surface area contributed by atoms with Gasteiger partial charge in [-0.2, -0.15) is 0 Å². The second-order valence-corrected chi connectivity index (χ2v) is 3.83. The number of nitrogens with zero attached hydrogens (tertiary/aromatic N) is 1. The fourth-order valence-corrected chi connectivity index (χ4v) is 1.85. The van der Waals surface area contributed by atoms with E-state index in [1.54, 1.807) is 17.0 Å². The zero-order valence-electron chi connectivity index (χ0n) is 9.56. The molecule has 1 aromatic carbocycles. The highest BCUT2D eigenvalue weighted by molar-refractivity contribution is 5.67. The molecule has 17 heavy (non-hydrogen) atoms. The molecule has 0 aromatic heterocycles. The number of ether oxygens (including phenoxy) is 2. The molecule has 0 saturated carbocycles. The van der Waals surface area contributed by atoms with Gasteiger partial charge in [-0.15, -0.1) is 0 Å². The van der Waals surface area contributed by atoms with Gasteiger partial charge in [0.1, 0.15) is 11.9 Å². The number of carbonyl (C=O) groups excluding carboxylic acids is 1. The van der Waals surface area contributed by atoms with Crippen molar-refractivity contribution in [2.75, 3.05) is 26.8 Å². The average Bonchev–Trinajstić information content (AvgIpc) is 2.38. The van der Waals surface area contributed by atoms with E-state index in [9.17, 15) is 9.18 Å². The summed E-state index contributed by atoms with van der Waals surface area (Å²) in [7, 11) is 1.34. The molecule has 5 heteroatoms. The molecule has 1 fully saturated rings. The molecule has 92 valence electrons. The van der Waals surface area contributed by atoms with Crippen molar-refractivity contribution < 1.29 is 18.7 Å². The van der Waals surface area contributed by atoms with Gasteiger partial charge in [-0.1, -0.05) is 12.1 Å². The van der Waals surface area contributed by atoms with E-state index < -0.39 is 0 Å². The molecule has 2 rings (SSSR count). The molecule has 0 N–H and O–H groups in total. The second-order valence-electron chi connectivity index (χ2n) is 3.83. The van der Waals surface area contributed by atoms with E-state index in [0.29, 0.717) is 19.7 Å². The molecule has 1 aromatic rings. The van der Waals surface area contributed by atoms with Crippen LogP contribution in [0.5, 0.6) is 0 Å². The summed E-state index contributed by atoms with van der Waals surface area (Å²) in [6, 6.07) is 6.22. The Labute approximate surface area is 98.9 Å². The number of halogens is 1. The molecule has 0 spiro atoms. The first-order valence-electron chi connectivity index (χ1n) is 5.40. The Kier molecular flexibility index (Phi) is 3.58. The van der Waals surface area contributed by atoms with E-state index in [4.69, 9.17) is 4.74 Å². The molecule has 4 nitrogen and oxygen atoms in total. The highest BCUT2D eigenvalue weighted by Gasteiger charge is 2.25. The predicted molar refractivity (Wildman–Crippen MR) is 59.1 cm³/mol. The Morgan fingerprint density at radius 1 is 1.59 bits per heavy atom. The van der Waals surface area contributed by atoms with E-state index in [2.05, 4.69) is 4.74 Å². The van der Waals surface area contributed by atoms with E-state index in [0.717, 1.165) is 5.56 Å². The lowest BCUT2D eigenvalue weighted by atomic mass is 10.1. The van der Waals surface area contributed by atoms with Crippen LogP contribution in [0.1, 0.15) is 11.7 Å². The summed E-state index contributed by atoms with van der Waals surface area (Å²) < 4.78 is 23.3. The molecule has 0 radical (unpaired) electrons. The van der Waals surface area contributed by atoms with Crippen molar-refractivity contribution in [1.82, 2.24) is 4.90 Å². The van der Waals surface area contributed by atoms with E-state index in [1.165, 1.54) is 19.2 Å². The molecular formula is C12H14FNO3. The van der Waals surface area contributed by atoms with Gasteiger partial charge in [0, 0.05) is 6.54 Å². The van der Waals surface area contributed by atoms with Gasteiger partial charge in [-0.05, 0) is 17.7 Å². The Hall–Kier alpha value is -1.62. The molecule has 0 bridgehead atoms. The van der Waals surface area contributed by atoms with Crippen LogP contribution in [0.25, 0.3) is 0 Å². The SMILES string of the molecule is COC(=O)N1CCO[C@H](c2cccc(F)c2)C1. The van der Waals surface area contributed by atoms with Crippen LogP contribution in [0.3, 0.4) is 0 Å². The van der Waals surface area contributed by atoms with Gasteiger partial charge in [0.25, 0.3) is 0 Å². The number of methoxy groups -OCH3 is 1. The van der Waals surface area contributed by atoms with Crippen molar-refractivity contribution in [3.05, 3.63) is 35.6 Å². The first-order chi connectivity index (χ1) is 8.20. The van der Waals surface area contributed by atoms with Crippen molar-refractivity contribution in [3.63, 3.8) is 0 Å². The van der Waals surface area contributed by atoms with Gasteiger partial charge >= 0.3 is 6.09 Å².